The fraction of sp³-hybridized carbons (Fsp3) is 0.0526. The molecule has 126 valence electrons. The van der Waals surface area contributed by atoms with Gasteiger partial charge < -0.3 is 0 Å². The minimum Gasteiger partial charge on any atom is -0.279 e. The molecule has 0 radical (unpaired) electrons. The van der Waals surface area contributed by atoms with E-state index < -0.39 is 11.2 Å². The Morgan fingerprint density at radius 3 is 2.69 bits per heavy atom. The van der Waals surface area contributed by atoms with Crippen LogP contribution in [-0.2, 0) is 6.54 Å². The first kappa shape index (κ1) is 16.2. The average Bonchev–Trinajstić information content (AvgIpc) is 2.65. The Bertz CT molecular complexity index is 1330. The molecule has 4 rings (SSSR count). The molecule has 26 heavy (non-hydrogen) atoms. The monoisotopic (exact) mass is 406 g/mol. The summed E-state index contributed by atoms with van der Waals surface area (Å²) in [6.45, 7) is -0.162. The number of halogens is 1. The molecule has 0 N–H and O–H groups in total. The molecule has 6 nitrogen and oxygen atoms in total. The van der Waals surface area contributed by atoms with Gasteiger partial charge in [-0.25, -0.2) is 9.36 Å². The van der Waals surface area contributed by atoms with E-state index in [1.807, 2.05) is 30.3 Å². The molecule has 0 unspecified atom stereocenters. The summed E-state index contributed by atoms with van der Waals surface area (Å²) in [4.78, 5) is 30.3. The molecular weight excluding hydrogens is 396 g/mol. The van der Waals surface area contributed by atoms with Crippen LogP contribution in [0.2, 0.25) is 0 Å². The largest absolute Gasteiger partial charge is 0.337 e. The first-order valence-corrected chi connectivity index (χ1v) is 8.56. The van der Waals surface area contributed by atoms with Crippen LogP contribution in [0, 0.1) is 11.3 Å². The van der Waals surface area contributed by atoms with Gasteiger partial charge in [0, 0.05) is 21.4 Å². The van der Waals surface area contributed by atoms with E-state index >= 15 is 0 Å². The van der Waals surface area contributed by atoms with Gasteiger partial charge in [0.1, 0.15) is 6.54 Å². The smallest absolute Gasteiger partial charge is 0.279 e. The predicted octanol–water partition coefficient (Wildman–Crippen LogP) is 2.99. The van der Waals surface area contributed by atoms with Crippen molar-refractivity contribution in [2.75, 3.05) is 0 Å². The number of benzene rings is 2. The lowest BCUT2D eigenvalue weighted by Gasteiger charge is -2.13. The van der Waals surface area contributed by atoms with Crippen LogP contribution in [0.3, 0.4) is 0 Å². The molecule has 0 aliphatic carbocycles. The number of nitrogens with zero attached hydrogens (tertiary/aromatic N) is 4. The van der Waals surface area contributed by atoms with Gasteiger partial charge in [-0.2, -0.15) is 5.26 Å². The lowest BCUT2D eigenvalue weighted by atomic mass is 10.1. The van der Waals surface area contributed by atoms with Crippen LogP contribution in [-0.4, -0.2) is 14.1 Å². The molecule has 0 spiro atoms. The van der Waals surface area contributed by atoms with Crippen molar-refractivity contribution in [3.05, 3.63) is 80.2 Å². The maximum Gasteiger partial charge on any atom is 0.337 e. The van der Waals surface area contributed by atoms with Crippen LogP contribution in [0.1, 0.15) is 0 Å². The van der Waals surface area contributed by atoms with Crippen molar-refractivity contribution < 1.29 is 0 Å². The second-order valence-corrected chi connectivity index (χ2v) is 6.62. The second-order valence-electron chi connectivity index (χ2n) is 5.71. The van der Waals surface area contributed by atoms with Crippen molar-refractivity contribution >= 4 is 37.6 Å². The summed E-state index contributed by atoms with van der Waals surface area (Å²) in [5, 5.41) is 11.1. The van der Waals surface area contributed by atoms with Crippen molar-refractivity contribution in [2.24, 2.45) is 0 Å². The normalized spacial score (nSPS) is 10.9. The molecule has 0 saturated heterocycles. The minimum atomic E-state index is -0.569. The molecule has 0 bridgehead atoms. The van der Waals surface area contributed by atoms with E-state index in [1.165, 1.54) is 10.8 Å². The van der Waals surface area contributed by atoms with Gasteiger partial charge in [-0.3, -0.25) is 14.3 Å². The van der Waals surface area contributed by atoms with Crippen LogP contribution in [0.15, 0.2) is 68.9 Å². The lowest BCUT2D eigenvalue weighted by molar-refractivity contribution is 0.733. The van der Waals surface area contributed by atoms with E-state index in [9.17, 15) is 9.59 Å². The number of hydrogen-bond acceptors (Lipinski definition) is 4. The number of hydrogen-bond donors (Lipinski definition) is 0. The van der Waals surface area contributed by atoms with E-state index in [2.05, 4.69) is 20.9 Å². The standard InChI is InChI=1S/C19H11BrN4O2/c20-13-5-6-15-16(9-13)23(8-7-21)19(26)24(18(15)25)17-11-22-10-12-3-1-2-4-14(12)17/h1-6,9-11H,8H2. The van der Waals surface area contributed by atoms with Crippen molar-refractivity contribution in [2.45, 2.75) is 6.54 Å². The van der Waals surface area contributed by atoms with Crippen LogP contribution < -0.4 is 11.2 Å². The summed E-state index contributed by atoms with van der Waals surface area (Å²) < 4.78 is 3.10. The number of rotatable bonds is 2. The van der Waals surface area contributed by atoms with E-state index in [-0.39, 0.29) is 6.54 Å². The average molecular weight is 407 g/mol. The maximum atomic E-state index is 13.1. The van der Waals surface area contributed by atoms with Crippen LogP contribution >= 0.6 is 15.9 Å². The SMILES string of the molecule is N#CCn1c(=O)n(-c2cncc3ccccc23)c(=O)c2ccc(Br)cc21. The van der Waals surface area contributed by atoms with Gasteiger partial charge in [-0.15, -0.1) is 0 Å². The second kappa shape index (κ2) is 6.24. The third-order valence-corrected chi connectivity index (χ3v) is 4.72. The van der Waals surface area contributed by atoms with Gasteiger partial charge in [0.15, 0.2) is 0 Å². The van der Waals surface area contributed by atoms with Crippen molar-refractivity contribution in [1.29, 1.82) is 5.26 Å². The first-order valence-electron chi connectivity index (χ1n) is 7.77. The third-order valence-electron chi connectivity index (χ3n) is 4.22. The molecule has 7 heteroatoms. The van der Waals surface area contributed by atoms with Crippen LogP contribution in [0.4, 0.5) is 0 Å². The summed E-state index contributed by atoms with van der Waals surface area (Å²) in [6, 6.07) is 14.4. The minimum absolute atomic E-state index is 0.162. The van der Waals surface area contributed by atoms with Gasteiger partial charge in [0.2, 0.25) is 0 Å². The van der Waals surface area contributed by atoms with Gasteiger partial charge in [-0.1, -0.05) is 40.2 Å². The summed E-state index contributed by atoms with van der Waals surface area (Å²) in [6.07, 6.45) is 3.17. The summed E-state index contributed by atoms with van der Waals surface area (Å²) in [7, 11) is 0. The highest BCUT2D eigenvalue weighted by molar-refractivity contribution is 9.10. The molecular formula is C19H11BrN4O2. The van der Waals surface area contributed by atoms with Crippen molar-refractivity contribution in [3.8, 4) is 11.8 Å². The zero-order valence-corrected chi connectivity index (χ0v) is 15.0. The highest BCUT2D eigenvalue weighted by Crippen LogP contribution is 2.21. The molecule has 0 aliphatic heterocycles. The quantitative estimate of drug-likeness (QED) is 0.512. The number of pyridine rings is 1. The summed E-state index contributed by atoms with van der Waals surface area (Å²) in [5.41, 5.74) is -0.194. The predicted molar refractivity (Wildman–Crippen MR) is 102 cm³/mol. The Hall–Kier alpha value is -3.24. The van der Waals surface area contributed by atoms with E-state index in [1.54, 1.807) is 24.4 Å². The Kier molecular flexibility index (Phi) is 3.90. The van der Waals surface area contributed by atoms with E-state index in [4.69, 9.17) is 5.26 Å². The number of aromatic nitrogens is 3. The Balaban J connectivity index is 2.21. The zero-order valence-electron chi connectivity index (χ0n) is 13.4. The van der Waals surface area contributed by atoms with Gasteiger partial charge >= 0.3 is 5.69 Å². The number of fused-ring (bicyclic) bond motifs is 2. The van der Waals surface area contributed by atoms with Crippen molar-refractivity contribution in [3.63, 3.8) is 0 Å². The summed E-state index contributed by atoms with van der Waals surface area (Å²) in [5.74, 6) is 0. The Morgan fingerprint density at radius 2 is 1.88 bits per heavy atom. The fourth-order valence-corrected chi connectivity index (χ4v) is 3.40. The highest BCUT2D eigenvalue weighted by Gasteiger charge is 2.16. The maximum absolute atomic E-state index is 13.1. The molecule has 2 heterocycles. The molecule has 2 aromatic heterocycles. The highest BCUT2D eigenvalue weighted by atomic mass is 79.9. The van der Waals surface area contributed by atoms with Gasteiger partial charge in [0.05, 0.1) is 28.9 Å². The molecule has 4 aromatic rings. The van der Waals surface area contributed by atoms with Crippen molar-refractivity contribution in [1.82, 2.24) is 14.1 Å². The zero-order chi connectivity index (χ0) is 18.3. The Labute approximate surface area is 155 Å². The Morgan fingerprint density at radius 1 is 1.08 bits per heavy atom. The van der Waals surface area contributed by atoms with E-state index in [0.717, 1.165) is 19.8 Å². The molecule has 0 atom stereocenters. The lowest BCUT2D eigenvalue weighted by Crippen LogP contribution is -2.39. The summed E-state index contributed by atoms with van der Waals surface area (Å²) >= 11 is 3.35. The number of nitriles is 1. The van der Waals surface area contributed by atoms with Crippen LogP contribution in [0.5, 0.6) is 0 Å². The molecule has 0 amide bonds. The molecule has 0 aliphatic rings. The first-order chi connectivity index (χ1) is 12.6. The molecule has 2 aromatic carbocycles. The van der Waals surface area contributed by atoms with E-state index in [0.29, 0.717) is 16.6 Å². The topological polar surface area (TPSA) is 80.7 Å². The van der Waals surface area contributed by atoms with Gasteiger partial charge in [0.25, 0.3) is 5.56 Å². The third kappa shape index (κ3) is 2.43. The molecule has 0 saturated carbocycles. The fourth-order valence-electron chi connectivity index (χ4n) is 3.05. The van der Waals surface area contributed by atoms with Gasteiger partial charge in [-0.05, 0) is 18.2 Å². The molecule has 0 fully saturated rings. The van der Waals surface area contributed by atoms with Crippen LogP contribution in [0.25, 0.3) is 27.4 Å².